The molecule has 0 saturated heterocycles. The van der Waals surface area contributed by atoms with E-state index in [4.69, 9.17) is 0 Å². The fraction of sp³-hybridized carbons (Fsp3) is 0.0714. The van der Waals surface area contributed by atoms with Crippen molar-refractivity contribution in [3.63, 3.8) is 0 Å². The Kier molecular flexibility index (Phi) is 2.48. The van der Waals surface area contributed by atoms with E-state index in [0.717, 1.165) is 21.1 Å². The smallest absolute Gasteiger partial charge is 0.100 e. The van der Waals surface area contributed by atoms with E-state index in [2.05, 4.69) is 51.3 Å². The maximum atomic E-state index is 4.42. The Hall–Kier alpha value is -1.61. The summed E-state index contributed by atoms with van der Waals surface area (Å²) in [5.41, 5.74) is 4.49. The second kappa shape index (κ2) is 4.00. The van der Waals surface area contributed by atoms with Crippen molar-refractivity contribution >= 4 is 26.8 Å². The van der Waals surface area contributed by atoms with E-state index in [0.29, 0.717) is 0 Å². The second-order valence-corrected chi connectivity index (χ2v) is 4.99. The number of aromatic nitrogens is 2. The number of nitrogens with one attached hydrogen (secondary N) is 1. The van der Waals surface area contributed by atoms with Crippen LogP contribution in [0, 0.1) is 6.92 Å². The van der Waals surface area contributed by atoms with Crippen molar-refractivity contribution in [2.24, 2.45) is 0 Å². The highest BCUT2D eigenvalue weighted by atomic mass is 79.9. The average Bonchev–Trinajstić information content (AvgIpc) is 2.72. The number of hydrogen-bond donors (Lipinski definition) is 1. The van der Waals surface area contributed by atoms with Gasteiger partial charge in [0.1, 0.15) is 5.69 Å². The van der Waals surface area contributed by atoms with Gasteiger partial charge in [-0.1, -0.05) is 40.2 Å². The molecule has 1 N–H and O–H groups in total. The molecule has 0 radical (unpaired) electrons. The molecule has 17 heavy (non-hydrogen) atoms. The summed E-state index contributed by atoms with van der Waals surface area (Å²) in [5, 5.41) is 8.64. The van der Waals surface area contributed by atoms with Gasteiger partial charge in [0.25, 0.3) is 0 Å². The number of fused-ring (bicyclic) bond motifs is 1. The zero-order valence-corrected chi connectivity index (χ0v) is 11.0. The SMILES string of the molecule is Cc1ccccc1-c1n[nH]c2ccc(Br)cc12. The van der Waals surface area contributed by atoms with Crippen molar-refractivity contribution < 1.29 is 0 Å². The molecule has 3 aromatic rings. The molecule has 0 unspecified atom stereocenters. The minimum Gasteiger partial charge on any atom is -0.277 e. The molecule has 2 nitrogen and oxygen atoms in total. The minimum absolute atomic E-state index is 1.01. The van der Waals surface area contributed by atoms with Crippen LogP contribution in [0.1, 0.15) is 5.56 Å². The molecule has 1 aromatic heterocycles. The molecular weight excluding hydrogens is 276 g/mol. The number of benzene rings is 2. The van der Waals surface area contributed by atoms with Crippen LogP contribution in [0.2, 0.25) is 0 Å². The number of rotatable bonds is 1. The first kappa shape index (κ1) is 10.5. The van der Waals surface area contributed by atoms with Crippen molar-refractivity contribution in [1.82, 2.24) is 10.2 Å². The Balaban J connectivity index is 2.31. The van der Waals surface area contributed by atoms with Crippen molar-refractivity contribution in [3.8, 4) is 11.3 Å². The van der Waals surface area contributed by atoms with Gasteiger partial charge in [-0.2, -0.15) is 5.10 Å². The number of hydrogen-bond acceptors (Lipinski definition) is 1. The normalized spacial score (nSPS) is 10.9. The van der Waals surface area contributed by atoms with Crippen LogP contribution in [0.5, 0.6) is 0 Å². The summed E-state index contributed by atoms with van der Waals surface area (Å²) in [6.45, 7) is 2.10. The fourth-order valence-electron chi connectivity index (χ4n) is 2.03. The monoisotopic (exact) mass is 286 g/mol. The van der Waals surface area contributed by atoms with E-state index in [1.165, 1.54) is 11.1 Å². The van der Waals surface area contributed by atoms with Gasteiger partial charge in [-0.15, -0.1) is 0 Å². The van der Waals surface area contributed by atoms with E-state index >= 15 is 0 Å². The second-order valence-electron chi connectivity index (χ2n) is 4.08. The maximum absolute atomic E-state index is 4.42. The van der Waals surface area contributed by atoms with Crippen LogP contribution in [0.4, 0.5) is 0 Å². The minimum atomic E-state index is 1.01. The molecule has 0 bridgehead atoms. The zero-order valence-electron chi connectivity index (χ0n) is 9.37. The van der Waals surface area contributed by atoms with Gasteiger partial charge in [-0.05, 0) is 30.7 Å². The van der Waals surface area contributed by atoms with E-state index < -0.39 is 0 Å². The Morgan fingerprint density at radius 1 is 1.12 bits per heavy atom. The molecule has 0 atom stereocenters. The molecule has 0 aliphatic rings. The van der Waals surface area contributed by atoms with Gasteiger partial charge in [-0.25, -0.2) is 0 Å². The van der Waals surface area contributed by atoms with Gasteiger partial charge in [-0.3, -0.25) is 5.10 Å². The Bertz CT molecular complexity index is 686. The predicted molar refractivity (Wildman–Crippen MR) is 74.0 cm³/mol. The molecule has 3 heteroatoms. The fourth-order valence-corrected chi connectivity index (χ4v) is 2.39. The summed E-state index contributed by atoms with van der Waals surface area (Å²) in [5.74, 6) is 0. The highest BCUT2D eigenvalue weighted by molar-refractivity contribution is 9.10. The van der Waals surface area contributed by atoms with Crippen molar-refractivity contribution in [3.05, 3.63) is 52.5 Å². The summed E-state index contributed by atoms with van der Waals surface area (Å²) >= 11 is 3.50. The Morgan fingerprint density at radius 2 is 1.94 bits per heavy atom. The molecule has 1 heterocycles. The van der Waals surface area contributed by atoms with Crippen molar-refractivity contribution in [2.75, 3.05) is 0 Å². The molecule has 0 amide bonds. The third-order valence-electron chi connectivity index (χ3n) is 2.93. The molecule has 84 valence electrons. The molecule has 0 aliphatic carbocycles. The first-order valence-corrected chi connectivity index (χ1v) is 6.24. The molecule has 3 rings (SSSR count). The van der Waals surface area contributed by atoms with E-state index in [-0.39, 0.29) is 0 Å². The Labute approximate surface area is 108 Å². The maximum Gasteiger partial charge on any atom is 0.100 e. The Morgan fingerprint density at radius 3 is 2.76 bits per heavy atom. The molecular formula is C14H11BrN2. The molecule has 2 aromatic carbocycles. The lowest BCUT2D eigenvalue weighted by atomic mass is 10.0. The van der Waals surface area contributed by atoms with Crippen molar-refractivity contribution in [1.29, 1.82) is 0 Å². The van der Waals surface area contributed by atoms with Gasteiger partial charge in [0, 0.05) is 15.4 Å². The van der Waals surface area contributed by atoms with Gasteiger partial charge in [0.2, 0.25) is 0 Å². The molecule has 0 spiro atoms. The first-order valence-electron chi connectivity index (χ1n) is 5.45. The van der Waals surface area contributed by atoms with Crippen LogP contribution >= 0.6 is 15.9 Å². The highest BCUT2D eigenvalue weighted by Crippen LogP contribution is 2.30. The van der Waals surface area contributed by atoms with E-state index in [9.17, 15) is 0 Å². The van der Waals surface area contributed by atoms with E-state index in [1.807, 2.05) is 24.3 Å². The van der Waals surface area contributed by atoms with Crippen LogP contribution in [0.25, 0.3) is 22.2 Å². The largest absolute Gasteiger partial charge is 0.277 e. The number of aryl methyl sites for hydroxylation is 1. The third kappa shape index (κ3) is 1.76. The molecule has 0 aliphatic heterocycles. The van der Waals surface area contributed by atoms with Gasteiger partial charge < -0.3 is 0 Å². The topological polar surface area (TPSA) is 28.7 Å². The summed E-state index contributed by atoms with van der Waals surface area (Å²) in [4.78, 5) is 0. The lowest BCUT2D eigenvalue weighted by Gasteiger charge is -2.02. The first-order chi connectivity index (χ1) is 8.25. The van der Waals surface area contributed by atoms with Crippen LogP contribution in [-0.4, -0.2) is 10.2 Å². The van der Waals surface area contributed by atoms with Crippen LogP contribution in [0.3, 0.4) is 0 Å². The van der Waals surface area contributed by atoms with Crippen LogP contribution < -0.4 is 0 Å². The van der Waals surface area contributed by atoms with Crippen LogP contribution in [0.15, 0.2) is 46.9 Å². The van der Waals surface area contributed by atoms with Gasteiger partial charge in [0.15, 0.2) is 0 Å². The lowest BCUT2D eigenvalue weighted by molar-refractivity contribution is 1.12. The molecule has 0 saturated carbocycles. The van der Waals surface area contributed by atoms with Crippen LogP contribution in [-0.2, 0) is 0 Å². The lowest BCUT2D eigenvalue weighted by Crippen LogP contribution is -1.83. The predicted octanol–water partition coefficient (Wildman–Crippen LogP) is 4.30. The summed E-state index contributed by atoms with van der Waals surface area (Å²) in [6.07, 6.45) is 0. The summed E-state index contributed by atoms with van der Waals surface area (Å²) in [7, 11) is 0. The average molecular weight is 287 g/mol. The summed E-state index contributed by atoms with van der Waals surface area (Å²) in [6, 6.07) is 14.4. The molecule has 0 fully saturated rings. The highest BCUT2D eigenvalue weighted by Gasteiger charge is 2.09. The third-order valence-corrected chi connectivity index (χ3v) is 3.42. The number of H-pyrrole nitrogens is 1. The van der Waals surface area contributed by atoms with Gasteiger partial charge in [0.05, 0.1) is 5.52 Å². The zero-order chi connectivity index (χ0) is 11.8. The van der Waals surface area contributed by atoms with E-state index in [1.54, 1.807) is 0 Å². The number of aromatic amines is 1. The quantitative estimate of drug-likeness (QED) is 0.710. The number of nitrogens with zero attached hydrogens (tertiary/aromatic N) is 1. The van der Waals surface area contributed by atoms with Gasteiger partial charge >= 0.3 is 0 Å². The van der Waals surface area contributed by atoms with Crippen molar-refractivity contribution in [2.45, 2.75) is 6.92 Å². The number of halogens is 1. The summed E-state index contributed by atoms with van der Waals surface area (Å²) < 4.78 is 1.07. The standard InChI is InChI=1S/C14H11BrN2/c1-9-4-2-3-5-11(9)14-12-8-10(15)6-7-13(12)16-17-14/h2-8H,1H3,(H,16,17).